The molecule has 0 bridgehead atoms. The van der Waals surface area contributed by atoms with Crippen molar-refractivity contribution in [2.24, 2.45) is 11.7 Å². The predicted molar refractivity (Wildman–Crippen MR) is 96.7 cm³/mol. The Hall–Kier alpha value is -1.92. The Bertz CT molecular complexity index is 556. The summed E-state index contributed by atoms with van der Waals surface area (Å²) in [6.07, 6.45) is 2.26. The zero-order valence-electron chi connectivity index (χ0n) is 14.9. The van der Waals surface area contributed by atoms with Gasteiger partial charge >= 0.3 is 0 Å². The molecule has 1 aromatic carbocycles. The van der Waals surface area contributed by atoms with Gasteiger partial charge in [-0.3, -0.25) is 9.59 Å². The number of carbonyl (C=O) groups is 2. The molecule has 0 aromatic heterocycles. The van der Waals surface area contributed by atoms with Gasteiger partial charge in [-0.2, -0.15) is 0 Å². The van der Waals surface area contributed by atoms with Gasteiger partial charge < -0.3 is 21.1 Å². The Labute approximate surface area is 149 Å². The van der Waals surface area contributed by atoms with Crippen molar-refractivity contribution in [2.45, 2.75) is 44.2 Å². The van der Waals surface area contributed by atoms with Gasteiger partial charge in [0.25, 0.3) is 0 Å². The second kappa shape index (κ2) is 9.53. The molecule has 1 heterocycles. The van der Waals surface area contributed by atoms with Gasteiger partial charge in [-0.1, -0.05) is 30.3 Å². The first kappa shape index (κ1) is 19.4. The van der Waals surface area contributed by atoms with E-state index in [1.807, 2.05) is 37.4 Å². The number of likely N-dealkylation sites (tertiary alicyclic amines) is 1. The van der Waals surface area contributed by atoms with E-state index < -0.39 is 17.9 Å². The lowest BCUT2D eigenvalue weighted by molar-refractivity contribution is -0.135. The van der Waals surface area contributed by atoms with Crippen LogP contribution in [0.25, 0.3) is 0 Å². The van der Waals surface area contributed by atoms with Crippen molar-refractivity contribution in [2.75, 3.05) is 20.1 Å². The Morgan fingerprint density at radius 1 is 1.28 bits per heavy atom. The highest BCUT2D eigenvalue weighted by Gasteiger charge is 2.29. The van der Waals surface area contributed by atoms with Crippen molar-refractivity contribution >= 4 is 11.8 Å². The molecule has 1 aliphatic rings. The van der Waals surface area contributed by atoms with Crippen molar-refractivity contribution in [1.82, 2.24) is 10.2 Å². The maximum Gasteiger partial charge on any atom is 0.232 e. The largest absolute Gasteiger partial charge is 0.393 e. The number of primary amides is 1. The Kier molecular flexibility index (Phi) is 7.40. The Morgan fingerprint density at radius 3 is 2.52 bits per heavy atom. The van der Waals surface area contributed by atoms with E-state index in [1.165, 1.54) is 0 Å². The Balaban J connectivity index is 1.82. The minimum Gasteiger partial charge on any atom is -0.393 e. The topological polar surface area (TPSA) is 95.7 Å². The van der Waals surface area contributed by atoms with E-state index in [0.29, 0.717) is 12.8 Å². The van der Waals surface area contributed by atoms with Gasteiger partial charge in [0.2, 0.25) is 11.8 Å². The molecular formula is C19H29N3O3. The van der Waals surface area contributed by atoms with Gasteiger partial charge in [0.1, 0.15) is 5.92 Å². The van der Waals surface area contributed by atoms with Crippen LogP contribution in [0.5, 0.6) is 0 Å². The summed E-state index contributed by atoms with van der Waals surface area (Å²) in [7, 11) is 2.05. The van der Waals surface area contributed by atoms with E-state index in [-0.39, 0.29) is 18.4 Å². The number of aliphatic hydroxyl groups is 1. The monoisotopic (exact) mass is 347 g/mol. The third-order valence-corrected chi connectivity index (χ3v) is 4.84. The highest BCUT2D eigenvalue weighted by Crippen LogP contribution is 2.15. The number of nitrogens with two attached hydrogens (primary N) is 1. The number of hydrogen-bond acceptors (Lipinski definition) is 4. The first-order valence-electron chi connectivity index (χ1n) is 8.96. The van der Waals surface area contributed by atoms with Crippen molar-refractivity contribution in [3.63, 3.8) is 0 Å². The summed E-state index contributed by atoms with van der Waals surface area (Å²) in [6.45, 7) is 1.85. The zero-order valence-corrected chi connectivity index (χ0v) is 14.9. The second-order valence-electron chi connectivity index (χ2n) is 6.95. The zero-order chi connectivity index (χ0) is 18.2. The van der Waals surface area contributed by atoms with Gasteiger partial charge in [-0.25, -0.2) is 0 Å². The summed E-state index contributed by atoms with van der Waals surface area (Å²) in [6, 6.07) is 9.89. The molecule has 0 spiro atoms. The molecule has 2 rings (SSSR count). The van der Waals surface area contributed by atoms with E-state index in [4.69, 9.17) is 5.73 Å². The molecule has 1 aromatic rings. The molecule has 138 valence electrons. The smallest absolute Gasteiger partial charge is 0.232 e. The van der Waals surface area contributed by atoms with E-state index >= 15 is 0 Å². The molecule has 0 radical (unpaired) electrons. The summed E-state index contributed by atoms with van der Waals surface area (Å²) in [4.78, 5) is 26.3. The average molecular weight is 347 g/mol. The third-order valence-electron chi connectivity index (χ3n) is 4.84. The first-order valence-corrected chi connectivity index (χ1v) is 8.96. The highest BCUT2D eigenvalue weighted by atomic mass is 16.3. The number of aryl methyl sites for hydroxylation is 1. The van der Waals surface area contributed by atoms with Crippen LogP contribution in [0.1, 0.15) is 31.2 Å². The molecule has 1 aliphatic heterocycles. The van der Waals surface area contributed by atoms with Gasteiger partial charge in [-0.05, 0) is 57.8 Å². The molecule has 1 fully saturated rings. The number of rotatable bonds is 8. The Morgan fingerprint density at radius 2 is 1.92 bits per heavy atom. The van der Waals surface area contributed by atoms with Crippen LogP contribution in [0.3, 0.4) is 0 Å². The number of aliphatic hydroxyl groups excluding tert-OH is 1. The third kappa shape index (κ3) is 6.48. The molecule has 1 saturated heterocycles. The minimum absolute atomic E-state index is 0.0701. The molecule has 6 heteroatoms. The summed E-state index contributed by atoms with van der Waals surface area (Å²) < 4.78 is 0. The maximum atomic E-state index is 12.4. The van der Waals surface area contributed by atoms with E-state index in [2.05, 4.69) is 10.2 Å². The number of nitrogens with zero attached hydrogens (tertiary/aromatic N) is 1. The molecule has 0 saturated carbocycles. The van der Waals surface area contributed by atoms with Crippen molar-refractivity contribution in [3.8, 4) is 0 Å². The normalized spacial score (nSPS) is 18.5. The summed E-state index contributed by atoms with van der Waals surface area (Å²) in [5, 5.41) is 13.1. The lowest BCUT2D eigenvalue weighted by Gasteiger charge is -2.30. The SMILES string of the molecule is CN1CCC(NC(=O)[C@H](C[C@@H](O)CCc2ccccc2)C(N)=O)CC1. The summed E-state index contributed by atoms with van der Waals surface area (Å²) >= 11 is 0. The minimum atomic E-state index is -0.981. The number of benzene rings is 1. The molecule has 0 aliphatic carbocycles. The molecule has 25 heavy (non-hydrogen) atoms. The fourth-order valence-corrected chi connectivity index (χ4v) is 3.17. The molecule has 6 nitrogen and oxygen atoms in total. The number of hydrogen-bond donors (Lipinski definition) is 3. The average Bonchev–Trinajstić information content (AvgIpc) is 2.60. The number of nitrogens with one attached hydrogen (secondary N) is 1. The summed E-state index contributed by atoms with van der Waals surface area (Å²) in [5.41, 5.74) is 6.52. The highest BCUT2D eigenvalue weighted by molar-refractivity contribution is 5.99. The van der Waals surface area contributed by atoms with E-state index in [1.54, 1.807) is 0 Å². The molecule has 4 N–H and O–H groups in total. The van der Waals surface area contributed by atoms with Gasteiger partial charge in [0, 0.05) is 6.04 Å². The van der Waals surface area contributed by atoms with Crippen LogP contribution in [-0.2, 0) is 16.0 Å². The predicted octanol–water partition coefficient (Wildman–Crippen LogP) is 0.682. The van der Waals surface area contributed by atoms with Crippen LogP contribution in [0.15, 0.2) is 30.3 Å². The number of carbonyl (C=O) groups excluding carboxylic acids is 2. The fraction of sp³-hybridized carbons (Fsp3) is 0.579. The molecule has 2 atom stereocenters. The molecule has 2 amide bonds. The van der Waals surface area contributed by atoms with Crippen molar-refractivity contribution in [1.29, 1.82) is 0 Å². The number of piperidine rings is 1. The first-order chi connectivity index (χ1) is 12.0. The molecular weight excluding hydrogens is 318 g/mol. The maximum absolute atomic E-state index is 12.4. The fourth-order valence-electron chi connectivity index (χ4n) is 3.17. The lowest BCUT2D eigenvalue weighted by Crippen LogP contribution is -2.48. The van der Waals surface area contributed by atoms with Crippen LogP contribution in [0, 0.1) is 5.92 Å². The van der Waals surface area contributed by atoms with Gasteiger partial charge in [0.05, 0.1) is 6.10 Å². The van der Waals surface area contributed by atoms with Gasteiger partial charge in [0.15, 0.2) is 0 Å². The standard InChI is InChI=1S/C19H29N3O3/c1-22-11-9-15(10-12-22)21-19(25)17(18(20)24)13-16(23)8-7-14-5-3-2-4-6-14/h2-6,15-17,23H,7-13H2,1H3,(H2,20,24)(H,21,25)/t16-,17+/m0/s1. The quantitative estimate of drug-likeness (QED) is 0.603. The van der Waals surface area contributed by atoms with Gasteiger partial charge in [-0.15, -0.1) is 0 Å². The molecule has 0 unspecified atom stereocenters. The van der Waals surface area contributed by atoms with Crippen LogP contribution >= 0.6 is 0 Å². The van der Waals surface area contributed by atoms with E-state index in [0.717, 1.165) is 31.5 Å². The van der Waals surface area contributed by atoms with E-state index in [9.17, 15) is 14.7 Å². The lowest BCUT2D eigenvalue weighted by atomic mass is 9.95. The van der Waals surface area contributed by atoms with Crippen molar-refractivity contribution in [3.05, 3.63) is 35.9 Å². The van der Waals surface area contributed by atoms with Crippen LogP contribution in [-0.4, -0.2) is 54.1 Å². The van der Waals surface area contributed by atoms with Crippen molar-refractivity contribution < 1.29 is 14.7 Å². The van der Waals surface area contributed by atoms with Crippen LogP contribution in [0.4, 0.5) is 0 Å². The van der Waals surface area contributed by atoms with Crippen LogP contribution in [0.2, 0.25) is 0 Å². The second-order valence-corrected chi connectivity index (χ2v) is 6.95. The number of amides is 2. The summed E-state index contributed by atoms with van der Waals surface area (Å²) in [5.74, 6) is -2.02. The van der Waals surface area contributed by atoms with Crippen LogP contribution < -0.4 is 11.1 Å².